The van der Waals surface area contributed by atoms with Crippen LogP contribution in [0.2, 0.25) is 0 Å². The Labute approximate surface area is 380 Å². The van der Waals surface area contributed by atoms with Crippen molar-refractivity contribution in [3.8, 4) is 61.6 Å². The number of benzene rings is 9. The smallest absolute Gasteiger partial charge is 0.136 e. The third-order valence-corrected chi connectivity index (χ3v) is 14.2. The molecule has 1 aliphatic rings. The van der Waals surface area contributed by atoms with Gasteiger partial charge in [0.15, 0.2) is 0 Å². The van der Waals surface area contributed by atoms with Crippen LogP contribution in [0.1, 0.15) is 25.0 Å². The number of hydrogen-bond donors (Lipinski definition) is 0. The van der Waals surface area contributed by atoms with Crippen LogP contribution in [0.5, 0.6) is 0 Å². The summed E-state index contributed by atoms with van der Waals surface area (Å²) < 4.78 is 15.4. The van der Waals surface area contributed by atoms with Gasteiger partial charge in [-0.05, 0) is 129 Å². The number of aromatic nitrogens is 2. The predicted octanol–water partition coefficient (Wildman–Crippen LogP) is 17.0. The minimum absolute atomic E-state index is 0.109. The third kappa shape index (κ3) is 5.42. The van der Waals surface area contributed by atoms with E-state index in [1.807, 2.05) is 18.2 Å². The SMILES string of the molecule is CC1(C)c2ccccc2-c2cc3c(cc21)c1cc(-c2ccc4oc5cccc(-c6cc(-c7ccc8c(c7)oc7ccccc78)cc(-c7ccccc7)n6)c5c4c2)ccc1n3-c1ccccc1. The molecule has 9 aromatic carbocycles. The van der Waals surface area contributed by atoms with Gasteiger partial charge in [0.05, 0.1) is 22.4 Å². The highest BCUT2D eigenvalue weighted by atomic mass is 16.3. The van der Waals surface area contributed by atoms with Crippen molar-refractivity contribution in [3.63, 3.8) is 0 Å². The molecule has 0 N–H and O–H groups in total. The largest absolute Gasteiger partial charge is 0.456 e. The van der Waals surface area contributed by atoms with Gasteiger partial charge in [0.25, 0.3) is 0 Å². The molecule has 4 heterocycles. The minimum atomic E-state index is -0.109. The van der Waals surface area contributed by atoms with E-state index in [9.17, 15) is 0 Å². The molecule has 310 valence electrons. The van der Waals surface area contributed by atoms with Crippen LogP contribution in [-0.2, 0) is 5.41 Å². The van der Waals surface area contributed by atoms with Gasteiger partial charge >= 0.3 is 0 Å². The summed E-state index contributed by atoms with van der Waals surface area (Å²) in [6.45, 7) is 4.72. The van der Waals surface area contributed by atoms with Gasteiger partial charge in [-0.25, -0.2) is 4.98 Å². The molecule has 0 saturated heterocycles. The number of para-hydroxylation sites is 2. The van der Waals surface area contributed by atoms with Crippen molar-refractivity contribution >= 4 is 65.7 Å². The second-order valence-electron chi connectivity index (χ2n) is 18.3. The molecule has 0 saturated carbocycles. The lowest BCUT2D eigenvalue weighted by Gasteiger charge is -2.21. The summed E-state index contributed by atoms with van der Waals surface area (Å²) in [6, 6.07) is 74.0. The Bertz CT molecular complexity index is 4130. The topological polar surface area (TPSA) is 44.1 Å². The first-order valence-corrected chi connectivity index (χ1v) is 22.7. The minimum Gasteiger partial charge on any atom is -0.456 e. The normalized spacial score (nSPS) is 13.1. The van der Waals surface area contributed by atoms with E-state index in [1.54, 1.807) is 0 Å². The summed E-state index contributed by atoms with van der Waals surface area (Å²) in [5.74, 6) is 0. The maximum Gasteiger partial charge on any atom is 0.136 e. The molecule has 0 fully saturated rings. The molecular weight excluding hydrogens is 805 g/mol. The van der Waals surface area contributed by atoms with Crippen LogP contribution < -0.4 is 0 Å². The summed E-state index contributed by atoms with van der Waals surface area (Å²) >= 11 is 0. The van der Waals surface area contributed by atoms with E-state index in [2.05, 4.69) is 206 Å². The van der Waals surface area contributed by atoms with E-state index in [0.29, 0.717) is 0 Å². The highest BCUT2D eigenvalue weighted by Gasteiger charge is 2.36. The van der Waals surface area contributed by atoms with Gasteiger partial charge in [0.1, 0.15) is 22.3 Å². The Morgan fingerprint density at radius 1 is 0.364 bits per heavy atom. The fourth-order valence-corrected chi connectivity index (χ4v) is 11.0. The third-order valence-electron chi connectivity index (χ3n) is 14.2. The van der Waals surface area contributed by atoms with Crippen LogP contribution in [0.15, 0.2) is 215 Å². The van der Waals surface area contributed by atoms with Crippen molar-refractivity contribution in [1.82, 2.24) is 9.55 Å². The van der Waals surface area contributed by atoms with Crippen LogP contribution in [-0.4, -0.2) is 9.55 Å². The van der Waals surface area contributed by atoms with E-state index < -0.39 is 0 Å². The molecular formula is C62H40N2O2. The second kappa shape index (κ2) is 13.8. The monoisotopic (exact) mass is 844 g/mol. The first kappa shape index (κ1) is 37.0. The standard InChI is InChI=1S/C62H40N2O2/c1-62(2)51-21-11-9-18-43(51)47-36-56-49(35-52(47)62)48-30-38(25-28-55(48)64(56)42-16-7-4-8-17-42)39-26-29-58-50(31-39)61-46(20-13-23-59(61)65-58)54-33-41(32-53(63-54)37-14-5-3-6-15-37)40-24-27-45-44-19-10-12-22-57(44)66-60(45)34-40/h3-36H,1-2H3. The molecule has 4 aromatic heterocycles. The number of fused-ring (bicyclic) bond motifs is 12. The van der Waals surface area contributed by atoms with Crippen molar-refractivity contribution in [2.45, 2.75) is 19.3 Å². The molecule has 1 aliphatic carbocycles. The van der Waals surface area contributed by atoms with Gasteiger partial charge < -0.3 is 13.4 Å². The van der Waals surface area contributed by atoms with Crippen LogP contribution in [0.3, 0.4) is 0 Å². The quantitative estimate of drug-likeness (QED) is 0.173. The van der Waals surface area contributed by atoms with Crippen molar-refractivity contribution in [2.24, 2.45) is 0 Å². The van der Waals surface area contributed by atoms with E-state index >= 15 is 0 Å². The molecule has 4 nitrogen and oxygen atoms in total. The van der Waals surface area contributed by atoms with Gasteiger partial charge in [-0.1, -0.05) is 135 Å². The molecule has 0 bridgehead atoms. The van der Waals surface area contributed by atoms with E-state index in [1.165, 1.54) is 44.1 Å². The van der Waals surface area contributed by atoms with Crippen molar-refractivity contribution < 1.29 is 8.83 Å². The lowest BCUT2D eigenvalue weighted by molar-refractivity contribution is 0.661. The molecule has 13 aromatic rings. The van der Waals surface area contributed by atoms with E-state index in [0.717, 1.165) is 94.3 Å². The number of pyridine rings is 1. The summed E-state index contributed by atoms with van der Waals surface area (Å²) in [4.78, 5) is 5.38. The average molecular weight is 845 g/mol. The molecule has 14 rings (SSSR count). The Morgan fingerprint density at radius 3 is 1.88 bits per heavy atom. The number of nitrogens with zero attached hydrogens (tertiary/aromatic N) is 2. The highest BCUT2D eigenvalue weighted by molar-refractivity contribution is 6.15. The maximum atomic E-state index is 6.64. The van der Waals surface area contributed by atoms with Gasteiger partial charge in [-0.3, -0.25) is 0 Å². The van der Waals surface area contributed by atoms with Crippen molar-refractivity contribution in [3.05, 3.63) is 217 Å². The molecule has 0 amide bonds. The lowest BCUT2D eigenvalue weighted by Crippen LogP contribution is -2.14. The van der Waals surface area contributed by atoms with Crippen molar-refractivity contribution in [1.29, 1.82) is 0 Å². The number of rotatable bonds is 5. The molecule has 0 spiro atoms. The van der Waals surface area contributed by atoms with Crippen LogP contribution >= 0.6 is 0 Å². The molecule has 0 radical (unpaired) electrons. The Hall–Kier alpha value is -8.47. The highest BCUT2D eigenvalue weighted by Crippen LogP contribution is 2.51. The predicted molar refractivity (Wildman–Crippen MR) is 272 cm³/mol. The zero-order valence-corrected chi connectivity index (χ0v) is 36.3. The van der Waals surface area contributed by atoms with Gasteiger partial charge in [-0.2, -0.15) is 0 Å². The second-order valence-corrected chi connectivity index (χ2v) is 18.3. The lowest BCUT2D eigenvalue weighted by atomic mass is 9.82. The summed E-state index contributed by atoms with van der Waals surface area (Å²) in [6.07, 6.45) is 0. The zero-order valence-electron chi connectivity index (χ0n) is 36.3. The van der Waals surface area contributed by atoms with E-state index in [4.69, 9.17) is 13.8 Å². The molecule has 0 atom stereocenters. The Balaban J connectivity index is 0.948. The fraction of sp³-hybridized carbons (Fsp3) is 0.0484. The Kier molecular flexibility index (Phi) is 7.71. The van der Waals surface area contributed by atoms with Crippen LogP contribution in [0, 0.1) is 0 Å². The van der Waals surface area contributed by atoms with Gasteiger partial charge in [-0.15, -0.1) is 0 Å². The average Bonchev–Trinajstić information content (AvgIpc) is 4.09. The molecule has 0 unspecified atom stereocenters. The molecule has 4 heteroatoms. The van der Waals surface area contributed by atoms with Gasteiger partial charge in [0, 0.05) is 54.5 Å². The van der Waals surface area contributed by atoms with Crippen molar-refractivity contribution in [2.75, 3.05) is 0 Å². The first-order chi connectivity index (χ1) is 32.4. The Morgan fingerprint density at radius 2 is 1.00 bits per heavy atom. The van der Waals surface area contributed by atoms with Crippen LogP contribution in [0.25, 0.3) is 127 Å². The van der Waals surface area contributed by atoms with Gasteiger partial charge in [0.2, 0.25) is 0 Å². The number of furan rings is 2. The summed E-state index contributed by atoms with van der Waals surface area (Å²) in [5.41, 5.74) is 20.5. The van der Waals surface area contributed by atoms with E-state index in [-0.39, 0.29) is 5.41 Å². The fourth-order valence-electron chi connectivity index (χ4n) is 11.0. The zero-order chi connectivity index (χ0) is 43.7. The first-order valence-electron chi connectivity index (χ1n) is 22.7. The summed E-state index contributed by atoms with van der Waals surface area (Å²) in [7, 11) is 0. The molecule has 66 heavy (non-hydrogen) atoms. The maximum absolute atomic E-state index is 6.64. The van der Waals surface area contributed by atoms with Crippen LogP contribution in [0.4, 0.5) is 0 Å². The summed E-state index contributed by atoms with van der Waals surface area (Å²) in [5, 5.41) is 6.82. The molecule has 0 aliphatic heterocycles. The number of hydrogen-bond acceptors (Lipinski definition) is 3.